The molecule has 0 aliphatic carbocycles. The number of hydrogen-bond donors (Lipinski definition) is 1. The maximum Gasteiger partial charge on any atom is 0.328 e. The fraction of sp³-hybridized carbons (Fsp3) is 0.214. The molecule has 2 aromatic rings. The highest BCUT2D eigenvalue weighted by molar-refractivity contribution is 5.86. The van der Waals surface area contributed by atoms with E-state index in [0.29, 0.717) is 28.5 Å². The summed E-state index contributed by atoms with van der Waals surface area (Å²) in [5.74, 6) is 0.0719. The van der Waals surface area contributed by atoms with Gasteiger partial charge in [-0.05, 0) is 31.2 Å². The van der Waals surface area contributed by atoms with Crippen molar-refractivity contribution in [3.63, 3.8) is 0 Å². The third kappa shape index (κ3) is 3.82. The summed E-state index contributed by atoms with van der Waals surface area (Å²) >= 11 is 0. The number of carboxylic acids is 1. The molecule has 0 amide bonds. The van der Waals surface area contributed by atoms with Crippen molar-refractivity contribution in [2.75, 3.05) is 7.11 Å². The van der Waals surface area contributed by atoms with Crippen LogP contribution in [0.4, 0.5) is 0 Å². The molecule has 0 bridgehead atoms. The van der Waals surface area contributed by atoms with Crippen LogP contribution in [-0.4, -0.2) is 28.5 Å². The van der Waals surface area contributed by atoms with Crippen LogP contribution in [0.25, 0.3) is 6.08 Å². The van der Waals surface area contributed by atoms with Crippen LogP contribution in [0.3, 0.4) is 0 Å². The molecule has 1 aromatic carbocycles. The average molecular weight is 290 g/mol. The molecule has 21 heavy (non-hydrogen) atoms. The number of rotatable bonds is 6. The lowest BCUT2D eigenvalue weighted by molar-refractivity contribution is -0.131. The van der Waals surface area contributed by atoms with Crippen molar-refractivity contribution in [2.45, 2.75) is 13.5 Å². The van der Waals surface area contributed by atoms with Gasteiger partial charge in [-0.3, -0.25) is 0 Å². The van der Waals surface area contributed by atoms with Crippen LogP contribution in [0.2, 0.25) is 0 Å². The highest BCUT2D eigenvalue weighted by Crippen LogP contribution is 2.26. The summed E-state index contributed by atoms with van der Waals surface area (Å²) in [7, 11) is 1.53. The van der Waals surface area contributed by atoms with E-state index in [1.807, 2.05) is 0 Å². The predicted molar refractivity (Wildman–Crippen MR) is 73.0 cm³/mol. The zero-order valence-corrected chi connectivity index (χ0v) is 11.6. The summed E-state index contributed by atoms with van der Waals surface area (Å²) in [6.07, 6.45) is 2.47. The zero-order chi connectivity index (χ0) is 15.2. The lowest BCUT2D eigenvalue weighted by Gasteiger charge is -2.09. The van der Waals surface area contributed by atoms with Crippen LogP contribution in [0.1, 0.15) is 17.0 Å². The van der Waals surface area contributed by atoms with Crippen LogP contribution in [-0.2, 0) is 11.4 Å². The number of aryl methyl sites for hydroxylation is 1. The topological polar surface area (TPSA) is 94.7 Å². The molecule has 0 saturated carbocycles. The van der Waals surface area contributed by atoms with E-state index in [1.165, 1.54) is 13.2 Å². The Balaban J connectivity index is 2.21. The quantitative estimate of drug-likeness (QED) is 0.813. The van der Waals surface area contributed by atoms with Gasteiger partial charge in [-0.1, -0.05) is 10.3 Å². The number of hydrogen-bond acceptors (Lipinski definition) is 6. The third-order valence-corrected chi connectivity index (χ3v) is 2.73. The molecule has 0 fully saturated rings. The second-order valence-electron chi connectivity index (χ2n) is 4.16. The van der Waals surface area contributed by atoms with E-state index in [2.05, 4.69) is 14.9 Å². The van der Waals surface area contributed by atoms with Gasteiger partial charge in [-0.25, -0.2) is 9.42 Å². The lowest BCUT2D eigenvalue weighted by Crippen LogP contribution is -1.99. The van der Waals surface area contributed by atoms with E-state index in [0.717, 1.165) is 6.08 Å². The summed E-state index contributed by atoms with van der Waals surface area (Å²) < 4.78 is 15.3. The molecular weight excluding hydrogens is 276 g/mol. The summed E-state index contributed by atoms with van der Waals surface area (Å²) in [6, 6.07) is 5.10. The van der Waals surface area contributed by atoms with Gasteiger partial charge in [0.1, 0.15) is 29.5 Å². The van der Waals surface area contributed by atoms with Gasteiger partial charge in [0, 0.05) is 11.6 Å². The minimum Gasteiger partial charge on any atom is -0.497 e. The maximum atomic E-state index is 10.6. The minimum absolute atomic E-state index is 0.176. The average Bonchev–Trinajstić information content (AvgIpc) is 2.88. The molecule has 0 saturated heterocycles. The number of aliphatic carboxylic acids is 1. The van der Waals surface area contributed by atoms with Gasteiger partial charge in [0.2, 0.25) is 0 Å². The van der Waals surface area contributed by atoms with Gasteiger partial charge in [0.15, 0.2) is 0 Å². The predicted octanol–water partition coefficient (Wildman–Crippen LogP) is 2.06. The largest absolute Gasteiger partial charge is 0.497 e. The Hall–Kier alpha value is -2.83. The van der Waals surface area contributed by atoms with Gasteiger partial charge in [0.25, 0.3) is 0 Å². The summed E-state index contributed by atoms with van der Waals surface area (Å²) in [5, 5.41) is 16.1. The Labute approximate surface area is 120 Å². The van der Waals surface area contributed by atoms with Crippen molar-refractivity contribution >= 4 is 12.0 Å². The van der Waals surface area contributed by atoms with E-state index in [-0.39, 0.29) is 6.61 Å². The fourth-order valence-corrected chi connectivity index (χ4v) is 1.60. The fourth-order valence-electron chi connectivity index (χ4n) is 1.60. The van der Waals surface area contributed by atoms with Gasteiger partial charge in [0.05, 0.1) is 7.11 Å². The van der Waals surface area contributed by atoms with Crippen molar-refractivity contribution in [1.82, 2.24) is 10.3 Å². The van der Waals surface area contributed by atoms with Crippen molar-refractivity contribution in [2.24, 2.45) is 0 Å². The number of carbonyl (C=O) groups is 1. The Kier molecular flexibility index (Phi) is 4.55. The first kappa shape index (κ1) is 14.6. The molecule has 0 unspecified atom stereocenters. The number of carboxylic acid groups (broad SMARTS) is 1. The lowest BCUT2D eigenvalue weighted by atomic mass is 10.1. The van der Waals surface area contributed by atoms with Crippen LogP contribution in [0, 0.1) is 6.92 Å². The number of aromatic nitrogens is 2. The first-order valence-electron chi connectivity index (χ1n) is 6.10. The van der Waals surface area contributed by atoms with Crippen molar-refractivity contribution in [3.8, 4) is 11.5 Å². The molecular formula is C14H14N2O5. The molecule has 7 nitrogen and oxygen atoms in total. The third-order valence-electron chi connectivity index (χ3n) is 2.73. The molecule has 1 aromatic heterocycles. The van der Waals surface area contributed by atoms with E-state index in [1.54, 1.807) is 25.1 Å². The van der Waals surface area contributed by atoms with Gasteiger partial charge in [-0.15, -0.1) is 0 Å². The second-order valence-corrected chi connectivity index (χ2v) is 4.16. The zero-order valence-electron chi connectivity index (χ0n) is 11.6. The smallest absolute Gasteiger partial charge is 0.328 e. The molecule has 7 heteroatoms. The monoisotopic (exact) mass is 290 g/mol. The number of nitrogens with zero attached hydrogens (tertiary/aromatic N) is 2. The first-order valence-corrected chi connectivity index (χ1v) is 6.10. The molecule has 1 N–H and O–H groups in total. The van der Waals surface area contributed by atoms with Crippen molar-refractivity contribution < 1.29 is 24.0 Å². The Morgan fingerprint density at radius 2 is 2.24 bits per heavy atom. The SMILES string of the molecule is COc1ccc(OCc2nonc2C)c(C=CC(=O)O)c1. The molecule has 0 atom stereocenters. The molecule has 0 spiro atoms. The van der Waals surface area contributed by atoms with Gasteiger partial charge < -0.3 is 14.6 Å². The summed E-state index contributed by atoms with van der Waals surface area (Å²) in [5.41, 5.74) is 1.82. The molecule has 1 heterocycles. The standard InChI is InChI=1S/C14H14N2O5/c1-9-12(16-21-15-9)8-20-13-5-4-11(19-2)7-10(13)3-6-14(17)18/h3-7H,8H2,1-2H3,(H,17,18). The molecule has 0 radical (unpaired) electrons. The van der Waals surface area contributed by atoms with E-state index >= 15 is 0 Å². The Morgan fingerprint density at radius 1 is 1.43 bits per heavy atom. The molecule has 2 rings (SSSR count). The molecule has 110 valence electrons. The summed E-state index contributed by atoms with van der Waals surface area (Å²) in [4.78, 5) is 10.6. The highest BCUT2D eigenvalue weighted by Gasteiger charge is 2.09. The van der Waals surface area contributed by atoms with E-state index in [9.17, 15) is 4.79 Å². The number of ether oxygens (including phenoxy) is 2. The minimum atomic E-state index is -1.04. The van der Waals surface area contributed by atoms with Crippen LogP contribution in [0.5, 0.6) is 11.5 Å². The molecule has 0 aliphatic rings. The Morgan fingerprint density at radius 3 is 2.86 bits per heavy atom. The van der Waals surface area contributed by atoms with Gasteiger partial charge >= 0.3 is 5.97 Å². The highest BCUT2D eigenvalue weighted by atomic mass is 16.6. The molecule has 0 aliphatic heterocycles. The Bertz CT molecular complexity index is 663. The van der Waals surface area contributed by atoms with Crippen LogP contribution >= 0.6 is 0 Å². The second kappa shape index (κ2) is 6.56. The van der Waals surface area contributed by atoms with Gasteiger partial charge in [-0.2, -0.15) is 0 Å². The van der Waals surface area contributed by atoms with Crippen LogP contribution < -0.4 is 9.47 Å². The summed E-state index contributed by atoms with van der Waals surface area (Å²) in [6.45, 7) is 1.93. The number of methoxy groups -OCH3 is 1. The maximum absolute atomic E-state index is 10.6. The normalized spacial score (nSPS) is 10.8. The first-order chi connectivity index (χ1) is 10.1. The van der Waals surface area contributed by atoms with E-state index in [4.69, 9.17) is 14.6 Å². The van der Waals surface area contributed by atoms with Crippen molar-refractivity contribution in [3.05, 3.63) is 41.2 Å². The van der Waals surface area contributed by atoms with Crippen molar-refractivity contribution in [1.29, 1.82) is 0 Å². The number of benzene rings is 1. The van der Waals surface area contributed by atoms with Crippen LogP contribution in [0.15, 0.2) is 28.9 Å². The van der Waals surface area contributed by atoms with E-state index < -0.39 is 5.97 Å².